The van der Waals surface area contributed by atoms with E-state index in [2.05, 4.69) is 20.2 Å². The normalized spacial score (nSPS) is 16.8. The molecular weight excluding hydrogens is 416 g/mol. The number of fused-ring (bicyclic) bond motifs is 1. The Balaban J connectivity index is 1.61. The molecule has 1 saturated heterocycles. The maximum Gasteiger partial charge on any atom is 0.256 e. The molecule has 10 heteroatoms. The molecule has 0 radical (unpaired) electrons. The number of rotatable bonds is 5. The number of anilines is 2. The van der Waals surface area contributed by atoms with Crippen LogP contribution in [-0.4, -0.2) is 67.3 Å². The van der Waals surface area contributed by atoms with E-state index in [9.17, 15) is 13.2 Å². The first-order valence-corrected chi connectivity index (χ1v) is 11.4. The Morgan fingerprint density at radius 3 is 2.58 bits per heavy atom. The molecule has 3 N–H and O–H groups in total. The summed E-state index contributed by atoms with van der Waals surface area (Å²) in [6.45, 7) is 1.40. The molecule has 9 nitrogen and oxygen atoms in total. The van der Waals surface area contributed by atoms with Crippen molar-refractivity contribution in [2.24, 2.45) is 5.14 Å². The zero-order valence-electron chi connectivity index (χ0n) is 17.3. The predicted molar refractivity (Wildman–Crippen MR) is 119 cm³/mol. The number of likely N-dealkylation sites (N-methyl/N-ethyl adjacent to an activating group) is 1. The highest BCUT2D eigenvalue weighted by Gasteiger charge is 2.29. The van der Waals surface area contributed by atoms with Crippen molar-refractivity contribution < 1.29 is 13.2 Å². The van der Waals surface area contributed by atoms with Crippen LogP contribution in [0.5, 0.6) is 0 Å². The van der Waals surface area contributed by atoms with Gasteiger partial charge in [0.2, 0.25) is 16.0 Å². The summed E-state index contributed by atoms with van der Waals surface area (Å²) in [7, 11) is 0.292. The Labute approximate surface area is 180 Å². The Morgan fingerprint density at radius 1 is 1.19 bits per heavy atom. The summed E-state index contributed by atoms with van der Waals surface area (Å²) in [6.07, 6.45) is 2.60. The molecule has 0 bridgehead atoms. The summed E-state index contributed by atoms with van der Waals surface area (Å²) in [6, 6.07) is 11.8. The lowest BCUT2D eigenvalue weighted by Crippen LogP contribution is -2.34. The maximum absolute atomic E-state index is 13.2. The number of nitrogens with one attached hydrogen (secondary N) is 1. The van der Waals surface area contributed by atoms with Gasteiger partial charge in [0.15, 0.2) is 0 Å². The molecule has 3 aromatic rings. The third-order valence-corrected chi connectivity index (χ3v) is 6.39. The number of benzene rings is 2. The van der Waals surface area contributed by atoms with E-state index in [1.807, 2.05) is 31.1 Å². The van der Waals surface area contributed by atoms with E-state index in [4.69, 9.17) is 5.14 Å². The van der Waals surface area contributed by atoms with E-state index in [1.54, 1.807) is 24.4 Å². The molecule has 1 fully saturated rings. The van der Waals surface area contributed by atoms with E-state index < -0.39 is 10.0 Å². The number of hydrogen-bond acceptors (Lipinski definition) is 7. The van der Waals surface area contributed by atoms with Gasteiger partial charge in [-0.1, -0.05) is 12.1 Å². The molecule has 0 spiro atoms. The minimum absolute atomic E-state index is 0.0204. The Morgan fingerprint density at radius 2 is 1.94 bits per heavy atom. The number of carbonyl (C=O) groups excluding carboxylic acids is 1. The number of aromatic nitrogens is 2. The first-order valence-electron chi connectivity index (χ1n) is 9.84. The SMILES string of the molecule is CN(C)[C@@H]1CCN(C(=O)c2cccc3cnc(Nc4ccc(S(N)(=O)=O)cc4)nc23)C1. The molecule has 4 rings (SSSR count). The lowest BCUT2D eigenvalue weighted by molar-refractivity contribution is 0.0785. The first-order chi connectivity index (χ1) is 14.7. The molecule has 0 aliphatic carbocycles. The summed E-state index contributed by atoms with van der Waals surface area (Å²) in [5.41, 5.74) is 1.70. The van der Waals surface area contributed by atoms with E-state index in [-0.39, 0.29) is 10.8 Å². The van der Waals surface area contributed by atoms with E-state index in [0.29, 0.717) is 41.8 Å². The molecule has 1 aliphatic rings. The van der Waals surface area contributed by atoms with Crippen LogP contribution in [0.4, 0.5) is 11.6 Å². The zero-order chi connectivity index (χ0) is 22.2. The van der Waals surface area contributed by atoms with Gasteiger partial charge in [-0.05, 0) is 50.8 Å². The van der Waals surface area contributed by atoms with Gasteiger partial charge in [0.05, 0.1) is 16.0 Å². The zero-order valence-corrected chi connectivity index (χ0v) is 18.1. The second kappa shape index (κ2) is 8.22. The Kier molecular flexibility index (Phi) is 5.61. The number of carbonyl (C=O) groups is 1. The number of nitrogens with two attached hydrogens (primary N) is 1. The standard InChI is InChI=1S/C21H24N6O3S/c1-26(2)16-10-11-27(13-16)20(28)18-5-3-4-14-12-23-21(25-19(14)18)24-15-6-8-17(9-7-15)31(22,29)30/h3-9,12,16H,10-11,13H2,1-2H3,(H2,22,29,30)(H,23,24,25)/t16-/m1/s1. The van der Waals surface area contributed by atoms with Crippen LogP contribution < -0.4 is 10.5 Å². The maximum atomic E-state index is 13.2. The number of para-hydroxylation sites is 1. The molecule has 2 aromatic carbocycles. The van der Waals surface area contributed by atoms with Crippen LogP contribution in [0.3, 0.4) is 0 Å². The highest BCUT2D eigenvalue weighted by Crippen LogP contribution is 2.23. The van der Waals surface area contributed by atoms with Crippen molar-refractivity contribution in [3.63, 3.8) is 0 Å². The van der Waals surface area contributed by atoms with Gasteiger partial charge in [-0.3, -0.25) is 4.79 Å². The van der Waals surface area contributed by atoms with Crippen LogP contribution in [0.15, 0.2) is 53.6 Å². The van der Waals surface area contributed by atoms with E-state index in [1.165, 1.54) is 12.1 Å². The second-order valence-electron chi connectivity index (χ2n) is 7.79. The highest BCUT2D eigenvalue weighted by atomic mass is 32.2. The number of likely N-dealkylation sites (tertiary alicyclic amines) is 1. The lowest BCUT2D eigenvalue weighted by atomic mass is 10.1. The fourth-order valence-electron chi connectivity index (χ4n) is 3.66. The number of primary sulfonamides is 1. The van der Waals surface area contributed by atoms with Crippen molar-refractivity contribution in [1.29, 1.82) is 0 Å². The van der Waals surface area contributed by atoms with Gasteiger partial charge in [-0.15, -0.1) is 0 Å². The van der Waals surface area contributed by atoms with Crippen molar-refractivity contribution in [1.82, 2.24) is 19.8 Å². The number of hydrogen-bond donors (Lipinski definition) is 2. The molecule has 162 valence electrons. The molecule has 31 heavy (non-hydrogen) atoms. The molecule has 1 atom stereocenters. The lowest BCUT2D eigenvalue weighted by Gasteiger charge is -2.20. The van der Waals surface area contributed by atoms with Crippen molar-refractivity contribution >= 4 is 38.5 Å². The van der Waals surface area contributed by atoms with Gasteiger partial charge >= 0.3 is 0 Å². The summed E-state index contributed by atoms with van der Waals surface area (Å²) in [5, 5.41) is 8.94. The van der Waals surface area contributed by atoms with Crippen molar-refractivity contribution in [3.8, 4) is 0 Å². The monoisotopic (exact) mass is 440 g/mol. The van der Waals surface area contributed by atoms with Gasteiger partial charge in [0.25, 0.3) is 5.91 Å². The summed E-state index contributed by atoms with van der Waals surface area (Å²) in [5.74, 6) is 0.265. The summed E-state index contributed by atoms with van der Waals surface area (Å²) >= 11 is 0. The second-order valence-corrected chi connectivity index (χ2v) is 9.35. The highest BCUT2D eigenvalue weighted by molar-refractivity contribution is 7.89. The number of nitrogens with zero attached hydrogens (tertiary/aromatic N) is 4. The average molecular weight is 441 g/mol. The van der Waals surface area contributed by atoms with Crippen LogP contribution in [0.1, 0.15) is 16.8 Å². The van der Waals surface area contributed by atoms with Gasteiger partial charge in [-0.2, -0.15) is 0 Å². The molecule has 1 aromatic heterocycles. The van der Waals surface area contributed by atoms with Crippen molar-refractivity contribution in [3.05, 3.63) is 54.2 Å². The van der Waals surface area contributed by atoms with Crippen LogP contribution >= 0.6 is 0 Å². The van der Waals surface area contributed by atoms with Gasteiger partial charge in [0.1, 0.15) is 0 Å². The third-order valence-electron chi connectivity index (χ3n) is 5.46. The average Bonchev–Trinajstić information content (AvgIpc) is 3.23. The Hall–Kier alpha value is -3.08. The van der Waals surface area contributed by atoms with Gasteiger partial charge < -0.3 is 15.1 Å². The third kappa shape index (κ3) is 4.50. The largest absolute Gasteiger partial charge is 0.337 e. The van der Waals surface area contributed by atoms with Crippen LogP contribution in [-0.2, 0) is 10.0 Å². The minimum atomic E-state index is -3.76. The van der Waals surface area contributed by atoms with E-state index >= 15 is 0 Å². The van der Waals surface area contributed by atoms with Crippen LogP contribution in [0, 0.1) is 0 Å². The molecule has 2 heterocycles. The Bertz CT molecular complexity index is 1230. The van der Waals surface area contributed by atoms with E-state index in [0.717, 1.165) is 11.8 Å². The molecular formula is C21H24N6O3S. The van der Waals surface area contributed by atoms with Crippen molar-refractivity contribution in [2.45, 2.75) is 17.4 Å². The van der Waals surface area contributed by atoms with Crippen molar-refractivity contribution in [2.75, 3.05) is 32.5 Å². The number of amides is 1. The minimum Gasteiger partial charge on any atom is -0.337 e. The molecule has 1 amide bonds. The first kappa shape index (κ1) is 21.2. The molecule has 0 saturated carbocycles. The topological polar surface area (TPSA) is 122 Å². The van der Waals surface area contributed by atoms with Crippen LogP contribution in [0.25, 0.3) is 10.9 Å². The summed E-state index contributed by atoms with van der Waals surface area (Å²) in [4.78, 5) is 26.1. The fourth-order valence-corrected chi connectivity index (χ4v) is 4.18. The van der Waals surface area contributed by atoms with Gasteiger partial charge in [-0.25, -0.2) is 23.5 Å². The summed E-state index contributed by atoms with van der Waals surface area (Å²) < 4.78 is 22.8. The van der Waals surface area contributed by atoms with Gasteiger partial charge in [0, 0.05) is 36.4 Å². The molecule has 0 unspecified atom stereocenters. The smallest absolute Gasteiger partial charge is 0.256 e. The predicted octanol–water partition coefficient (Wildman–Crippen LogP) is 1.80. The number of sulfonamides is 1. The fraction of sp³-hybridized carbons (Fsp3) is 0.286. The quantitative estimate of drug-likeness (QED) is 0.620. The molecule has 1 aliphatic heterocycles. The van der Waals surface area contributed by atoms with Crippen LogP contribution in [0.2, 0.25) is 0 Å².